The molecular formula is C15H18N2O2S. The van der Waals surface area contributed by atoms with Gasteiger partial charge in [0, 0.05) is 17.9 Å². The number of hydrogen-bond donors (Lipinski definition) is 0. The van der Waals surface area contributed by atoms with Crippen molar-refractivity contribution in [3.8, 4) is 6.07 Å². The number of ether oxygens (including phenoxy) is 2. The molecule has 3 rings (SSSR count). The number of thioether (sulfide) groups is 1. The van der Waals surface area contributed by atoms with Crippen molar-refractivity contribution >= 4 is 17.4 Å². The molecule has 0 aromatic heterocycles. The SMILES string of the molecule is CSc1cccc(N2CCCC3(C2)OCCO3)c1C#N. The third-order valence-electron chi connectivity index (χ3n) is 3.91. The van der Waals surface area contributed by atoms with E-state index in [0.717, 1.165) is 35.5 Å². The van der Waals surface area contributed by atoms with Crippen LogP contribution in [0.5, 0.6) is 0 Å². The van der Waals surface area contributed by atoms with Crippen LogP contribution >= 0.6 is 11.8 Å². The van der Waals surface area contributed by atoms with Gasteiger partial charge in [0.25, 0.3) is 0 Å². The Morgan fingerprint density at radius 3 is 2.85 bits per heavy atom. The third kappa shape index (κ3) is 2.39. The lowest BCUT2D eigenvalue weighted by molar-refractivity contribution is -0.161. The van der Waals surface area contributed by atoms with E-state index in [1.54, 1.807) is 11.8 Å². The minimum Gasteiger partial charge on any atom is -0.365 e. The zero-order valence-corrected chi connectivity index (χ0v) is 12.4. The molecule has 5 heteroatoms. The summed E-state index contributed by atoms with van der Waals surface area (Å²) in [6, 6.07) is 8.38. The predicted octanol–water partition coefficient (Wildman–Crippen LogP) is 2.62. The predicted molar refractivity (Wildman–Crippen MR) is 79.0 cm³/mol. The molecule has 2 aliphatic heterocycles. The van der Waals surface area contributed by atoms with Crippen LogP contribution in [0, 0.1) is 11.3 Å². The van der Waals surface area contributed by atoms with Gasteiger partial charge in [-0.25, -0.2) is 0 Å². The van der Waals surface area contributed by atoms with Gasteiger partial charge < -0.3 is 14.4 Å². The van der Waals surface area contributed by atoms with Gasteiger partial charge in [0.05, 0.1) is 31.0 Å². The van der Waals surface area contributed by atoms with Gasteiger partial charge in [-0.1, -0.05) is 6.07 Å². The molecule has 0 bridgehead atoms. The molecule has 0 unspecified atom stereocenters. The fourth-order valence-electron chi connectivity index (χ4n) is 2.99. The van der Waals surface area contributed by atoms with Crippen LogP contribution in [0.15, 0.2) is 23.1 Å². The second kappa shape index (κ2) is 5.65. The molecule has 4 nitrogen and oxygen atoms in total. The summed E-state index contributed by atoms with van der Waals surface area (Å²) in [5.74, 6) is -0.458. The molecule has 2 aliphatic rings. The first-order valence-electron chi connectivity index (χ1n) is 6.88. The molecule has 0 radical (unpaired) electrons. The quantitative estimate of drug-likeness (QED) is 0.784. The van der Waals surface area contributed by atoms with Crippen molar-refractivity contribution in [1.82, 2.24) is 0 Å². The van der Waals surface area contributed by atoms with Crippen LogP contribution in [0.25, 0.3) is 0 Å². The zero-order chi connectivity index (χ0) is 14.0. The maximum atomic E-state index is 9.47. The Morgan fingerprint density at radius 2 is 2.15 bits per heavy atom. The monoisotopic (exact) mass is 290 g/mol. The van der Waals surface area contributed by atoms with Crippen LogP contribution in [-0.2, 0) is 9.47 Å². The molecule has 0 atom stereocenters. The lowest BCUT2D eigenvalue weighted by Gasteiger charge is -2.40. The summed E-state index contributed by atoms with van der Waals surface area (Å²) in [4.78, 5) is 3.26. The van der Waals surface area contributed by atoms with E-state index in [-0.39, 0.29) is 0 Å². The molecule has 1 aromatic rings. The maximum absolute atomic E-state index is 9.47. The highest BCUT2D eigenvalue weighted by atomic mass is 32.2. The van der Waals surface area contributed by atoms with Crippen molar-refractivity contribution in [2.24, 2.45) is 0 Å². The van der Waals surface area contributed by atoms with E-state index >= 15 is 0 Å². The third-order valence-corrected chi connectivity index (χ3v) is 4.69. The Bertz CT molecular complexity index is 535. The minimum atomic E-state index is -0.458. The standard InChI is InChI=1S/C15H18N2O2S/c1-20-14-5-2-4-13(12(14)10-16)17-7-3-6-15(11-17)18-8-9-19-15/h2,4-5H,3,6-9,11H2,1H3. The first kappa shape index (κ1) is 13.7. The van der Waals surface area contributed by atoms with E-state index in [4.69, 9.17) is 9.47 Å². The molecular weight excluding hydrogens is 272 g/mol. The lowest BCUT2D eigenvalue weighted by Crippen LogP contribution is -2.49. The van der Waals surface area contributed by atoms with Gasteiger partial charge in [0.1, 0.15) is 6.07 Å². The molecule has 2 saturated heterocycles. The van der Waals surface area contributed by atoms with Gasteiger partial charge >= 0.3 is 0 Å². The molecule has 2 heterocycles. The first-order chi connectivity index (χ1) is 9.78. The second-order valence-electron chi connectivity index (χ2n) is 5.10. The summed E-state index contributed by atoms with van der Waals surface area (Å²) < 4.78 is 11.6. The fourth-order valence-corrected chi connectivity index (χ4v) is 3.56. The van der Waals surface area contributed by atoms with Crippen molar-refractivity contribution in [1.29, 1.82) is 5.26 Å². The highest BCUT2D eigenvalue weighted by Gasteiger charge is 2.41. The molecule has 1 spiro atoms. The second-order valence-corrected chi connectivity index (χ2v) is 5.95. The Balaban J connectivity index is 1.91. The average molecular weight is 290 g/mol. The number of rotatable bonds is 2. The van der Waals surface area contributed by atoms with Crippen LogP contribution in [0.3, 0.4) is 0 Å². The van der Waals surface area contributed by atoms with Gasteiger partial charge in [0.2, 0.25) is 0 Å². The maximum Gasteiger partial charge on any atom is 0.186 e. The molecule has 0 saturated carbocycles. The number of hydrogen-bond acceptors (Lipinski definition) is 5. The molecule has 106 valence electrons. The summed E-state index contributed by atoms with van der Waals surface area (Å²) in [6.07, 6.45) is 3.96. The molecule has 0 amide bonds. The number of nitriles is 1. The summed E-state index contributed by atoms with van der Waals surface area (Å²) in [5, 5.41) is 9.47. The highest BCUT2D eigenvalue weighted by molar-refractivity contribution is 7.98. The van der Waals surface area contributed by atoms with Crippen LogP contribution in [0.2, 0.25) is 0 Å². The summed E-state index contributed by atoms with van der Waals surface area (Å²) in [5.41, 5.74) is 1.76. The zero-order valence-electron chi connectivity index (χ0n) is 11.6. The van der Waals surface area contributed by atoms with E-state index < -0.39 is 5.79 Å². The normalized spacial score (nSPS) is 21.1. The molecule has 2 fully saturated rings. The largest absolute Gasteiger partial charge is 0.365 e. The first-order valence-corrected chi connectivity index (χ1v) is 8.10. The molecule has 0 aliphatic carbocycles. The lowest BCUT2D eigenvalue weighted by atomic mass is 10.0. The van der Waals surface area contributed by atoms with E-state index in [0.29, 0.717) is 19.8 Å². The average Bonchev–Trinajstić information content (AvgIpc) is 2.94. The van der Waals surface area contributed by atoms with Gasteiger partial charge in [-0.15, -0.1) is 11.8 Å². The van der Waals surface area contributed by atoms with Gasteiger partial charge in [0.15, 0.2) is 5.79 Å². The van der Waals surface area contributed by atoms with Crippen molar-refractivity contribution in [3.05, 3.63) is 23.8 Å². The van der Waals surface area contributed by atoms with Crippen molar-refractivity contribution < 1.29 is 9.47 Å². The summed E-state index contributed by atoms with van der Waals surface area (Å²) in [6.45, 7) is 2.99. The molecule has 0 N–H and O–H groups in total. The van der Waals surface area contributed by atoms with E-state index in [9.17, 15) is 5.26 Å². The highest BCUT2D eigenvalue weighted by Crippen LogP contribution is 2.35. The van der Waals surface area contributed by atoms with Crippen LogP contribution in [-0.4, -0.2) is 38.3 Å². The summed E-state index contributed by atoms with van der Waals surface area (Å²) >= 11 is 1.61. The Kier molecular flexibility index (Phi) is 3.88. The van der Waals surface area contributed by atoms with Gasteiger partial charge in [-0.3, -0.25) is 0 Å². The molecule has 20 heavy (non-hydrogen) atoms. The van der Waals surface area contributed by atoms with Crippen molar-refractivity contribution in [2.45, 2.75) is 23.5 Å². The Labute approximate surface area is 123 Å². The smallest absolute Gasteiger partial charge is 0.186 e. The Morgan fingerprint density at radius 1 is 1.35 bits per heavy atom. The van der Waals surface area contributed by atoms with Crippen LogP contribution < -0.4 is 4.90 Å². The molecule has 1 aromatic carbocycles. The number of nitrogens with zero attached hydrogens (tertiary/aromatic N) is 2. The number of benzene rings is 1. The van der Waals surface area contributed by atoms with Gasteiger partial charge in [-0.2, -0.15) is 5.26 Å². The van der Waals surface area contributed by atoms with Crippen LogP contribution in [0.4, 0.5) is 5.69 Å². The van der Waals surface area contributed by atoms with E-state index in [1.807, 2.05) is 24.5 Å². The fraction of sp³-hybridized carbons (Fsp3) is 0.533. The van der Waals surface area contributed by atoms with Crippen molar-refractivity contribution in [2.75, 3.05) is 37.5 Å². The topological polar surface area (TPSA) is 45.5 Å². The summed E-state index contributed by atoms with van der Waals surface area (Å²) in [7, 11) is 0. The van der Waals surface area contributed by atoms with Crippen LogP contribution in [0.1, 0.15) is 18.4 Å². The number of piperidine rings is 1. The van der Waals surface area contributed by atoms with E-state index in [1.165, 1.54) is 0 Å². The van der Waals surface area contributed by atoms with Gasteiger partial charge in [-0.05, 0) is 24.8 Å². The van der Waals surface area contributed by atoms with E-state index in [2.05, 4.69) is 11.0 Å². The minimum absolute atomic E-state index is 0.458. The number of anilines is 1. The van der Waals surface area contributed by atoms with Crippen molar-refractivity contribution in [3.63, 3.8) is 0 Å². The Hall–Kier alpha value is -1.22.